The van der Waals surface area contributed by atoms with E-state index in [1.807, 2.05) is 12.3 Å². The maximum Gasteiger partial charge on any atom is 0.0703 e. The molecule has 0 saturated carbocycles. The molecule has 1 fully saturated rings. The summed E-state index contributed by atoms with van der Waals surface area (Å²) in [4.78, 5) is 7.01. The van der Waals surface area contributed by atoms with Crippen molar-refractivity contribution in [2.75, 3.05) is 24.5 Å². The molecular formula is C16H21N3. The number of benzene rings is 1. The fourth-order valence-corrected chi connectivity index (χ4v) is 2.74. The van der Waals surface area contributed by atoms with Crippen LogP contribution in [0.5, 0.6) is 0 Å². The number of aromatic nitrogens is 1. The van der Waals surface area contributed by atoms with Crippen LogP contribution in [0, 0.1) is 0 Å². The lowest BCUT2D eigenvalue weighted by molar-refractivity contribution is 0.314. The summed E-state index contributed by atoms with van der Waals surface area (Å²) in [6.07, 6.45) is 3.15. The van der Waals surface area contributed by atoms with Crippen molar-refractivity contribution in [1.82, 2.24) is 10.3 Å². The molecule has 1 aliphatic rings. The molecule has 3 rings (SSSR count). The molecule has 2 aromatic rings. The lowest BCUT2D eigenvalue weighted by atomic mass is 9.95. The van der Waals surface area contributed by atoms with E-state index in [1.165, 1.54) is 11.1 Å². The highest BCUT2D eigenvalue weighted by molar-refractivity contribution is 5.81. The summed E-state index contributed by atoms with van der Waals surface area (Å²) in [6.45, 7) is 7.68. The van der Waals surface area contributed by atoms with Gasteiger partial charge in [0.15, 0.2) is 0 Å². The SMILES string of the molecule is CCC1(C)CN(c2cnc3ccccc3c2)CCN1. The van der Waals surface area contributed by atoms with Crippen LogP contribution in [0.15, 0.2) is 36.5 Å². The van der Waals surface area contributed by atoms with Gasteiger partial charge in [-0.25, -0.2) is 0 Å². The third-order valence-electron chi connectivity index (χ3n) is 4.19. The van der Waals surface area contributed by atoms with Gasteiger partial charge in [0, 0.05) is 30.6 Å². The van der Waals surface area contributed by atoms with Gasteiger partial charge in [0.05, 0.1) is 17.4 Å². The van der Waals surface area contributed by atoms with E-state index < -0.39 is 0 Å². The second-order valence-electron chi connectivity index (χ2n) is 5.65. The summed E-state index contributed by atoms with van der Waals surface area (Å²) in [6, 6.07) is 10.6. The molecule has 0 radical (unpaired) electrons. The number of nitrogens with one attached hydrogen (secondary N) is 1. The van der Waals surface area contributed by atoms with E-state index in [4.69, 9.17) is 0 Å². The Hall–Kier alpha value is -1.61. The van der Waals surface area contributed by atoms with Gasteiger partial charge >= 0.3 is 0 Å². The zero-order valence-electron chi connectivity index (χ0n) is 11.7. The zero-order valence-corrected chi connectivity index (χ0v) is 11.7. The predicted molar refractivity (Wildman–Crippen MR) is 80.7 cm³/mol. The topological polar surface area (TPSA) is 28.2 Å². The average Bonchev–Trinajstić information content (AvgIpc) is 2.47. The second-order valence-corrected chi connectivity index (χ2v) is 5.65. The first-order chi connectivity index (χ1) is 9.20. The molecule has 1 unspecified atom stereocenters. The monoisotopic (exact) mass is 255 g/mol. The van der Waals surface area contributed by atoms with Crippen molar-refractivity contribution in [3.63, 3.8) is 0 Å². The van der Waals surface area contributed by atoms with Crippen LogP contribution in [-0.2, 0) is 0 Å². The highest BCUT2D eigenvalue weighted by Crippen LogP contribution is 2.24. The number of hydrogen-bond acceptors (Lipinski definition) is 3. The fourth-order valence-electron chi connectivity index (χ4n) is 2.74. The van der Waals surface area contributed by atoms with Crippen LogP contribution in [0.25, 0.3) is 10.9 Å². The molecule has 0 aliphatic carbocycles. The first-order valence-electron chi connectivity index (χ1n) is 7.05. The van der Waals surface area contributed by atoms with Gasteiger partial charge in [-0.05, 0) is 25.5 Å². The molecule has 100 valence electrons. The number of rotatable bonds is 2. The minimum atomic E-state index is 0.212. The lowest BCUT2D eigenvalue weighted by Gasteiger charge is -2.42. The van der Waals surface area contributed by atoms with Crippen LogP contribution in [0.2, 0.25) is 0 Å². The quantitative estimate of drug-likeness (QED) is 0.894. The molecule has 0 amide bonds. The van der Waals surface area contributed by atoms with Gasteiger partial charge in [-0.3, -0.25) is 4.98 Å². The molecule has 1 aliphatic heterocycles. The highest BCUT2D eigenvalue weighted by Gasteiger charge is 2.28. The maximum absolute atomic E-state index is 4.57. The van der Waals surface area contributed by atoms with Crippen molar-refractivity contribution in [1.29, 1.82) is 0 Å². The third kappa shape index (κ3) is 2.43. The first kappa shape index (κ1) is 12.4. The Kier molecular flexibility index (Phi) is 3.15. The number of fused-ring (bicyclic) bond motifs is 1. The van der Waals surface area contributed by atoms with E-state index in [9.17, 15) is 0 Å². The van der Waals surface area contributed by atoms with Crippen molar-refractivity contribution in [3.05, 3.63) is 36.5 Å². The summed E-state index contributed by atoms with van der Waals surface area (Å²) < 4.78 is 0. The average molecular weight is 255 g/mol. The normalized spacial score (nSPS) is 23.8. The van der Waals surface area contributed by atoms with Gasteiger partial charge in [0.25, 0.3) is 0 Å². The molecule has 0 spiro atoms. The van der Waals surface area contributed by atoms with E-state index in [-0.39, 0.29) is 5.54 Å². The Morgan fingerprint density at radius 1 is 1.37 bits per heavy atom. The predicted octanol–water partition coefficient (Wildman–Crippen LogP) is 2.81. The summed E-state index contributed by atoms with van der Waals surface area (Å²) in [5.41, 5.74) is 2.52. The number of hydrogen-bond donors (Lipinski definition) is 1. The Bertz CT molecular complexity index is 581. The Morgan fingerprint density at radius 2 is 2.21 bits per heavy atom. The minimum absolute atomic E-state index is 0.212. The van der Waals surface area contributed by atoms with Gasteiger partial charge in [0.1, 0.15) is 0 Å². The van der Waals surface area contributed by atoms with Crippen LogP contribution < -0.4 is 10.2 Å². The van der Waals surface area contributed by atoms with E-state index in [2.05, 4.69) is 53.3 Å². The van der Waals surface area contributed by atoms with Crippen LogP contribution in [0.1, 0.15) is 20.3 Å². The maximum atomic E-state index is 4.57. The van der Waals surface area contributed by atoms with E-state index in [0.29, 0.717) is 0 Å². The molecule has 1 saturated heterocycles. The smallest absolute Gasteiger partial charge is 0.0703 e. The highest BCUT2D eigenvalue weighted by atomic mass is 15.2. The van der Waals surface area contributed by atoms with E-state index in [1.54, 1.807) is 0 Å². The zero-order chi connectivity index (χ0) is 13.3. The van der Waals surface area contributed by atoms with Gasteiger partial charge in [0.2, 0.25) is 0 Å². The summed E-state index contributed by atoms with van der Waals surface area (Å²) in [7, 11) is 0. The van der Waals surface area contributed by atoms with Crippen LogP contribution in [0.4, 0.5) is 5.69 Å². The Morgan fingerprint density at radius 3 is 3.05 bits per heavy atom. The molecule has 19 heavy (non-hydrogen) atoms. The van der Waals surface area contributed by atoms with Crippen molar-refractivity contribution >= 4 is 16.6 Å². The molecule has 1 atom stereocenters. The fraction of sp³-hybridized carbons (Fsp3) is 0.438. The molecule has 0 bridgehead atoms. The van der Waals surface area contributed by atoms with Crippen molar-refractivity contribution in [3.8, 4) is 0 Å². The van der Waals surface area contributed by atoms with Crippen LogP contribution >= 0.6 is 0 Å². The largest absolute Gasteiger partial charge is 0.367 e. The van der Waals surface area contributed by atoms with Gasteiger partial charge in [-0.1, -0.05) is 25.1 Å². The molecule has 1 aromatic carbocycles. The molecule has 3 nitrogen and oxygen atoms in total. The van der Waals surface area contributed by atoms with Crippen molar-refractivity contribution in [2.45, 2.75) is 25.8 Å². The van der Waals surface area contributed by atoms with Crippen molar-refractivity contribution in [2.24, 2.45) is 0 Å². The Balaban J connectivity index is 1.91. The van der Waals surface area contributed by atoms with Crippen LogP contribution in [0.3, 0.4) is 0 Å². The lowest BCUT2D eigenvalue weighted by Crippen LogP contribution is -2.58. The second kappa shape index (κ2) is 4.82. The summed E-state index contributed by atoms with van der Waals surface area (Å²) >= 11 is 0. The van der Waals surface area contributed by atoms with Gasteiger partial charge in [-0.15, -0.1) is 0 Å². The van der Waals surface area contributed by atoms with Gasteiger partial charge in [-0.2, -0.15) is 0 Å². The minimum Gasteiger partial charge on any atom is -0.367 e. The molecule has 3 heteroatoms. The number of para-hydroxylation sites is 1. The number of piperazine rings is 1. The first-order valence-corrected chi connectivity index (χ1v) is 7.05. The molecule has 1 aromatic heterocycles. The standard InChI is InChI=1S/C16H21N3/c1-3-16(2)12-19(9-8-18-16)14-10-13-6-4-5-7-15(13)17-11-14/h4-7,10-11,18H,3,8-9,12H2,1-2H3. The number of anilines is 1. The van der Waals surface area contributed by atoms with Gasteiger partial charge < -0.3 is 10.2 Å². The third-order valence-corrected chi connectivity index (χ3v) is 4.19. The Labute approximate surface area is 114 Å². The van der Waals surface area contributed by atoms with Crippen LogP contribution in [-0.4, -0.2) is 30.2 Å². The number of nitrogens with zero attached hydrogens (tertiary/aromatic N) is 2. The summed E-state index contributed by atoms with van der Waals surface area (Å²) in [5, 5.41) is 4.84. The van der Waals surface area contributed by atoms with E-state index in [0.717, 1.165) is 31.6 Å². The van der Waals surface area contributed by atoms with Crippen molar-refractivity contribution < 1.29 is 0 Å². The number of pyridine rings is 1. The molecule has 2 heterocycles. The molecule has 1 N–H and O–H groups in total. The summed E-state index contributed by atoms with van der Waals surface area (Å²) in [5.74, 6) is 0. The van der Waals surface area contributed by atoms with E-state index >= 15 is 0 Å². The molecular weight excluding hydrogens is 234 g/mol.